The van der Waals surface area contributed by atoms with Crippen LogP contribution in [0.15, 0.2) is 52.1 Å². The van der Waals surface area contributed by atoms with Crippen molar-refractivity contribution in [3.05, 3.63) is 52.6 Å². The molecular weight excluding hydrogens is 324 g/mol. The summed E-state index contributed by atoms with van der Waals surface area (Å²) in [5, 5.41) is 3.70. The first-order chi connectivity index (χ1) is 9.13. The number of pyridine rings is 1. The highest BCUT2D eigenvalue weighted by Gasteiger charge is 2.04. The lowest BCUT2D eigenvalue weighted by Gasteiger charge is -2.05. The molecule has 98 valence electrons. The Morgan fingerprint density at radius 1 is 1.26 bits per heavy atom. The summed E-state index contributed by atoms with van der Waals surface area (Å²) >= 11 is 4.78. The zero-order valence-corrected chi connectivity index (χ0v) is 12.8. The molecule has 1 amide bonds. The minimum Gasteiger partial charge on any atom is -0.325 e. The Balaban J connectivity index is 1.84. The van der Waals surface area contributed by atoms with Crippen molar-refractivity contribution in [2.45, 2.75) is 11.9 Å². The van der Waals surface area contributed by atoms with Crippen LogP contribution in [0.5, 0.6) is 0 Å². The quantitative estimate of drug-likeness (QED) is 0.861. The smallest absolute Gasteiger partial charge is 0.234 e. The molecule has 0 aliphatic heterocycles. The summed E-state index contributed by atoms with van der Waals surface area (Å²) < 4.78 is 0.990. The van der Waals surface area contributed by atoms with Crippen LogP contribution in [0.2, 0.25) is 0 Å². The minimum absolute atomic E-state index is 0.0327. The molecule has 0 radical (unpaired) electrons. The van der Waals surface area contributed by atoms with Gasteiger partial charge in [0, 0.05) is 16.4 Å². The fourth-order valence-corrected chi connectivity index (χ4v) is 2.32. The molecule has 0 aliphatic carbocycles. The molecule has 0 atom stereocenters. The highest BCUT2D eigenvalue weighted by atomic mass is 79.9. The van der Waals surface area contributed by atoms with Crippen LogP contribution >= 0.6 is 27.7 Å². The van der Waals surface area contributed by atoms with Crippen LogP contribution in [0.1, 0.15) is 5.56 Å². The second kappa shape index (κ2) is 6.73. The van der Waals surface area contributed by atoms with Crippen molar-refractivity contribution in [3.63, 3.8) is 0 Å². The van der Waals surface area contributed by atoms with Crippen molar-refractivity contribution in [2.75, 3.05) is 11.1 Å². The molecule has 2 aromatic rings. The molecule has 1 heterocycles. The fraction of sp³-hybridized carbons (Fsp3) is 0.143. The van der Waals surface area contributed by atoms with Crippen LogP contribution < -0.4 is 5.32 Å². The molecule has 0 aliphatic rings. The molecule has 0 unspecified atom stereocenters. The van der Waals surface area contributed by atoms with Crippen LogP contribution in [0, 0.1) is 6.92 Å². The summed E-state index contributed by atoms with van der Waals surface area (Å²) in [4.78, 5) is 16.0. The number of hydrogen-bond acceptors (Lipinski definition) is 3. The minimum atomic E-state index is -0.0327. The molecule has 0 bridgehead atoms. The van der Waals surface area contributed by atoms with Crippen LogP contribution in [0.25, 0.3) is 0 Å². The van der Waals surface area contributed by atoms with Crippen molar-refractivity contribution in [2.24, 2.45) is 0 Å². The molecule has 0 spiro atoms. The molecule has 0 fully saturated rings. The molecule has 3 nitrogen and oxygen atoms in total. The van der Waals surface area contributed by atoms with Gasteiger partial charge in [-0.25, -0.2) is 4.98 Å². The summed E-state index contributed by atoms with van der Waals surface area (Å²) in [7, 11) is 0. The number of thioether (sulfide) groups is 1. The van der Waals surface area contributed by atoms with E-state index in [-0.39, 0.29) is 5.91 Å². The molecule has 1 aromatic carbocycles. The number of hydrogen-bond donors (Lipinski definition) is 1. The van der Waals surface area contributed by atoms with Crippen LogP contribution in [-0.4, -0.2) is 16.6 Å². The first-order valence-corrected chi connectivity index (χ1v) is 7.52. The van der Waals surface area contributed by atoms with E-state index in [1.165, 1.54) is 11.8 Å². The van der Waals surface area contributed by atoms with Gasteiger partial charge in [0.2, 0.25) is 5.91 Å². The van der Waals surface area contributed by atoms with Gasteiger partial charge in [0.1, 0.15) is 0 Å². The van der Waals surface area contributed by atoms with Gasteiger partial charge in [0.25, 0.3) is 0 Å². The van der Waals surface area contributed by atoms with Gasteiger partial charge in [-0.2, -0.15) is 0 Å². The van der Waals surface area contributed by atoms with E-state index in [1.54, 1.807) is 6.20 Å². The third kappa shape index (κ3) is 4.69. The number of nitrogens with zero attached hydrogens (tertiary/aromatic N) is 1. The molecule has 1 N–H and O–H groups in total. The summed E-state index contributed by atoms with van der Waals surface area (Å²) in [6, 6.07) is 11.4. The van der Waals surface area contributed by atoms with Gasteiger partial charge in [-0.05, 0) is 42.8 Å². The maximum Gasteiger partial charge on any atom is 0.234 e. The SMILES string of the molecule is Cc1ccc(SCC(=O)Nc2ccc(Br)cc2)nc1. The van der Waals surface area contributed by atoms with Crippen molar-refractivity contribution in [3.8, 4) is 0 Å². The summed E-state index contributed by atoms with van der Waals surface area (Å²) in [5.41, 5.74) is 1.91. The predicted octanol–water partition coefficient (Wildman–Crippen LogP) is 3.88. The monoisotopic (exact) mass is 336 g/mol. The van der Waals surface area contributed by atoms with Crippen molar-refractivity contribution in [1.29, 1.82) is 0 Å². The maximum absolute atomic E-state index is 11.8. The average molecular weight is 337 g/mol. The van der Waals surface area contributed by atoms with Crippen LogP contribution in [-0.2, 0) is 4.79 Å². The highest BCUT2D eigenvalue weighted by Crippen LogP contribution is 2.17. The second-order valence-electron chi connectivity index (χ2n) is 4.02. The number of carbonyl (C=O) groups is 1. The normalized spacial score (nSPS) is 10.2. The summed E-state index contributed by atoms with van der Waals surface area (Å²) in [6.07, 6.45) is 1.80. The standard InChI is InChI=1S/C14H13BrN2OS/c1-10-2-7-14(16-8-10)19-9-13(18)17-12-5-3-11(15)4-6-12/h2-8H,9H2,1H3,(H,17,18). The molecule has 5 heteroatoms. The number of carbonyl (C=O) groups excluding carboxylic acids is 1. The lowest BCUT2D eigenvalue weighted by atomic mass is 10.3. The Morgan fingerprint density at radius 2 is 2.00 bits per heavy atom. The van der Waals surface area contributed by atoms with Gasteiger partial charge >= 0.3 is 0 Å². The van der Waals surface area contributed by atoms with Gasteiger partial charge in [-0.1, -0.05) is 33.8 Å². The van der Waals surface area contributed by atoms with E-state index < -0.39 is 0 Å². The van der Waals surface area contributed by atoms with E-state index in [0.29, 0.717) is 5.75 Å². The maximum atomic E-state index is 11.8. The van der Waals surface area contributed by atoms with E-state index in [9.17, 15) is 4.79 Å². The zero-order chi connectivity index (χ0) is 13.7. The third-order valence-corrected chi connectivity index (χ3v) is 3.84. The molecule has 19 heavy (non-hydrogen) atoms. The molecule has 0 saturated heterocycles. The van der Waals surface area contributed by atoms with Crippen LogP contribution in [0.3, 0.4) is 0 Å². The molecular formula is C14H13BrN2OS. The van der Waals surface area contributed by atoms with Gasteiger partial charge in [-0.15, -0.1) is 0 Å². The Hall–Kier alpha value is -1.33. The van der Waals surface area contributed by atoms with Gasteiger partial charge < -0.3 is 5.32 Å². The number of benzene rings is 1. The Kier molecular flexibility index (Phi) is 4.99. The molecule has 2 rings (SSSR count). The lowest BCUT2D eigenvalue weighted by Crippen LogP contribution is -2.13. The largest absolute Gasteiger partial charge is 0.325 e. The lowest BCUT2D eigenvalue weighted by molar-refractivity contribution is -0.113. The van der Waals surface area contributed by atoms with E-state index in [0.717, 1.165) is 20.7 Å². The molecule has 0 saturated carbocycles. The van der Waals surface area contributed by atoms with E-state index in [2.05, 4.69) is 26.2 Å². The van der Waals surface area contributed by atoms with E-state index in [1.807, 2.05) is 43.3 Å². The van der Waals surface area contributed by atoms with Gasteiger partial charge in [0.15, 0.2) is 0 Å². The second-order valence-corrected chi connectivity index (χ2v) is 5.93. The van der Waals surface area contributed by atoms with Gasteiger partial charge in [-0.3, -0.25) is 4.79 Å². The van der Waals surface area contributed by atoms with Crippen molar-refractivity contribution >= 4 is 39.3 Å². The third-order valence-electron chi connectivity index (χ3n) is 2.36. The number of aromatic nitrogens is 1. The summed E-state index contributed by atoms with van der Waals surface area (Å²) in [6.45, 7) is 1.99. The number of halogens is 1. The summed E-state index contributed by atoms with van der Waals surface area (Å²) in [5.74, 6) is 0.321. The van der Waals surface area contributed by atoms with Crippen molar-refractivity contribution < 1.29 is 4.79 Å². The fourth-order valence-electron chi connectivity index (χ4n) is 1.41. The van der Waals surface area contributed by atoms with Crippen LogP contribution in [0.4, 0.5) is 5.69 Å². The molecule has 1 aromatic heterocycles. The first-order valence-electron chi connectivity index (χ1n) is 5.74. The zero-order valence-electron chi connectivity index (χ0n) is 10.4. The van der Waals surface area contributed by atoms with E-state index in [4.69, 9.17) is 0 Å². The Labute approximate surface area is 125 Å². The van der Waals surface area contributed by atoms with E-state index >= 15 is 0 Å². The number of amides is 1. The number of anilines is 1. The van der Waals surface area contributed by atoms with Gasteiger partial charge in [0.05, 0.1) is 10.8 Å². The number of aryl methyl sites for hydroxylation is 1. The predicted molar refractivity (Wildman–Crippen MR) is 82.5 cm³/mol. The number of rotatable bonds is 4. The Morgan fingerprint density at radius 3 is 2.63 bits per heavy atom. The highest BCUT2D eigenvalue weighted by molar-refractivity contribution is 9.10. The Bertz CT molecular complexity index is 555. The first kappa shape index (κ1) is 14.1. The van der Waals surface area contributed by atoms with Crippen molar-refractivity contribution in [1.82, 2.24) is 4.98 Å². The topological polar surface area (TPSA) is 42.0 Å². The number of nitrogens with one attached hydrogen (secondary N) is 1. The average Bonchev–Trinajstić information content (AvgIpc) is 2.41.